The van der Waals surface area contributed by atoms with E-state index < -0.39 is 24.1 Å². The number of ether oxygens (including phenoxy) is 3. The Balaban J connectivity index is 1.57. The van der Waals surface area contributed by atoms with Gasteiger partial charge in [-0.2, -0.15) is 0 Å². The Morgan fingerprint density at radius 2 is 1.76 bits per heavy atom. The van der Waals surface area contributed by atoms with Crippen molar-refractivity contribution in [3.8, 4) is 16.9 Å². The van der Waals surface area contributed by atoms with Crippen molar-refractivity contribution in [1.29, 1.82) is 0 Å². The first-order valence-corrected chi connectivity index (χ1v) is 17.0. The predicted molar refractivity (Wildman–Crippen MR) is 188 cm³/mol. The standard InChI is InChI=1S/C38H53FN4O6/c1-6-26(4)36(38(46)42-21-27-10-13-30(39)14-11-27)43-37(45)32(25(2)3)20-34(44)33(40)24-48-23-28-12-15-31(29-9-7-16-41-22-29)35(19-28)49-18-8-17-47-5/h7,9-16,19,22,25-26,32-34,36,44H,6,8,17-18,20-21,23-24,40H2,1-5H3,(H,42,46)(H,43,45)/t26-,32-,33-,34-,36-/m0/s1. The molecule has 1 aromatic heterocycles. The summed E-state index contributed by atoms with van der Waals surface area (Å²) in [6.45, 7) is 9.27. The highest BCUT2D eigenvalue weighted by Crippen LogP contribution is 2.31. The number of aliphatic hydroxyl groups is 1. The fraction of sp³-hybridized carbons (Fsp3) is 0.500. The van der Waals surface area contributed by atoms with E-state index in [-0.39, 0.29) is 55.6 Å². The van der Waals surface area contributed by atoms with Crippen LogP contribution in [-0.2, 0) is 32.2 Å². The van der Waals surface area contributed by atoms with Gasteiger partial charge in [0.15, 0.2) is 0 Å². The zero-order chi connectivity index (χ0) is 35.8. The van der Waals surface area contributed by atoms with E-state index in [0.29, 0.717) is 25.4 Å². The molecule has 0 fully saturated rings. The minimum absolute atomic E-state index is 0.0727. The summed E-state index contributed by atoms with van der Waals surface area (Å²) in [6, 6.07) is 14.1. The summed E-state index contributed by atoms with van der Waals surface area (Å²) in [5.74, 6) is -1.14. The molecule has 0 aliphatic carbocycles. The highest BCUT2D eigenvalue weighted by Gasteiger charge is 2.32. The minimum Gasteiger partial charge on any atom is -0.493 e. The Kier molecular flexibility index (Phi) is 16.6. The fourth-order valence-corrected chi connectivity index (χ4v) is 5.33. The average Bonchev–Trinajstić information content (AvgIpc) is 3.10. The number of nitrogens with zero attached hydrogens (tertiary/aromatic N) is 1. The first-order valence-electron chi connectivity index (χ1n) is 17.0. The molecule has 0 bridgehead atoms. The van der Waals surface area contributed by atoms with Crippen molar-refractivity contribution in [1.82, 2.24) is 15.6 Å². The van der Waals surface area contributed by atoms with Gasteiger partial charge in [0.2, 0.25) is 11.8 Å². The molecule has 5 N–H and O–H groups in total. The molecular formula is C38H53FN4O6. The number of halogens is 1. The van der Waals surface area contributed by atoms with Crippen LogP contribution in [0.15, 0.2) is 67.0 Å². The lowest BCUT2D eigenvalue weighted by molar-refractivity contribution is -0.134. The Morgan fingerprint density at radius 1 is 1.02 bits per heavy atom. The number of hydrogen-bond donors (Lipinski definition) is 4. The number of methoxy groups -OCH3 is 1. The summed E-state index contributed by atoms with van der Waals surface area (Å²) >= 11 is 0. The van der Waals surface area contributed by atoms with Crippen LogP contribution in [0, 0.1) is 23.6 Å². The highest BCUT2D eigenvalue weighted by atomic mass is 19.1. The summed E-state index contributed by atoms with van der Waals surface area (Å²) in [6.07, 6.45) is 4.01. The van der Waals surface area contributed by atoms with Crippen molar-refractivity contribution in [3.05, 3.63) is 83.9 Å². The van der Waals surface area contributed by atoms with Crippen LogP contribution in [-0.4, -0.2) is 67.0 Å². The number of pyridine rings is 1. The topological polar surface area (TPSA) is 145 Å². The predicted octanol–water partition coefficient (Wildman–Crippen LogP) is 5.02. The molecule has 268 valence electrons. The number of amides is 2. The van der Waals surface area contributed by atoms with Gasteiger partial charge in [0.1, 0.15) is 17.6 Å². The van der Waals surface area contributed by atoms with E-state index in [4.69, 9.17) is 19.9 Å². The zero-order valence-corrected chi connectivity index (χ0v) is 29.4. The molecule has 3 aromatic rings. The molecule has 10 nitrogen and oxygen atoms in total. The Hall–Kier alpha value is -3.90. The van der Waals surface area contributed by atoms with Crippen LogP contribution < -0.4 is 21.1 Å². The molecule has 0 radical (unpaired) electrons. The molecule has 0 aliphatic heterocycles. The molecule has 0 aliphatic rings. The van der Waals surface area contributed by atoms with Crippen molar-refractivity contribution in [3.63, 3.8) is 0 Å². The Bertz CT molecular complexity index is 1430. The second kappa shape index (κ2) is 20.6. The molecule has 0 saturated heterocycles. The quantitative estimate of drug-likeness (QED) is 0.115. The molecule has 2 amide bonds. The molecule has 0 saturated carbocycles. The minimum atomic E-state index is -1.01. The summed E-state index contributed by atoms with van der Waals surface area (Å²) in [7, 11) is 1.66. The smallest absolute Gasteiger partial charge is 0.243 e. The average molecular weight is 681 g/mol. The van der Waals surface area contributed by atoms with Gasteiger partial charge in [-0.05, 0) is 53.6 Å². The SMILES string of the molecule is CC[C@H](C)[C@H](NC(=O)[C@@H](C[C@H](O)[C@@H](N)COCc1ccc(-c2cccnc2)c(OCCCOC)c1)C(C)C)C(=O)NCc1ccc(F)cc1. The van der Waals surface area contributed by atoms with Crippen LogP contribution in [0.25, 0.3) is 11.1 Å². The van der Waals surface area contributed by atoms with Gasteiger partial charge in [-0.15, -0.1) is 0 Å². The third-order valence-corrected chi connectivity index (χ3v) is 8.65. The molecule has 5 atom stereocenters. The van der Waals surface area contributed by atoms with Crippen LogP contribution in [0.2, 0.25) is 0 Å². The van der Waals surface area contributed by atoms with Gasteiger partial charge in [-0.3, -0.25) is 14.6 Å². The summed E-state index contributed by atoms with van der Waals surface area (Å²) in [4.78, 5) is 30.9. The van der Waals surface area contributed by atoms with E-state index in [1.54, 1.807) is 31.6 Å². The molecule has 2 aromatic carbocycles. The van der Waals surface area contributed by atoms with Gasteiger partial charge in [0.25, 0.3) is 0 Å². The summed E-state index contributed by atoms with van der Waals surface area (Å²) in [5, 5.41) is 16.8. The maximum absolute atomic E-state index is 13.5. The second-order valence-electron chi connectivity index (χ2n) is 12.8. The lowest BCUT2D eigenvalue weighted by Gasteiger charge is -2.29. The van der Waals surface area contributed by atoms with E-state index in [1.165, 1.54) is 12.1 Å². The highest BCUT2D eigenvalue weighted by molar-refractivity contribution is 5.88. The van der Waals surface area contributed by atoms with Gasteiger partial charge >= 0.3 is 0 Å². The maximum Gasteiger partial charge on any atom is 0.243 e. The van der Waals surface area contributed by atoms with E-state index in [0.717, 1.165) is 28.7 Å². The first kappa shape index (κ1) is 39.5. The van der Waals surface area contributed by atoms with Crippen LogP contribution in [0.5, 0.6) is 5.75 Å². The Labute approximate surface area is 289 Å². The number of aromatic nitrogens is 1. The van der Waals surface area contributed by atoms with Gasteiger partial charge < -0.3 is 35.7 Å². The van der Waals surface area contributed by atoms with Crippen molar-refractivity contribution < 1.29 is 33.3 Å². The molecule has 3 rings (SSSR count). The van der Waals surface area contributed by atoms with Gasteiger partial charge in [0.05, 0.1) is 32.0 Å². The number of nitrogens with one attached hydrogen (secondary N) is 2. The number of aliphatic hydroxyl groups excluding tert-OH is 1. The lowest BCUT2D eigenvalue weighted by atomic mass is 9.86. The van der Waals surface area contributed by atoms with Gasteiger partial charge in [-0.25, -0.2) is 4.39 Å². The van der Waals surface area contributed by atoms with E-state index in [1.807, 2.05) is 58.0 Å². The molecule has 49 heavy (non-hydrogen) atoms. The molecular weight excluding hydrogens is 627 g/mol. The normalized spacial score (nSPS) is 14.5. The first-order chi connectivity index (χ1) is 23.5. The van der Waals surface area contributed by atoms with Crippen LogP contribution in [0.3, 0.4) is 0 Å². The van der Waals surface area contributed by atoms with Crippen LogP contribution in [0.4, 0.5) is 4.39 Å². The third kappa shape index (κ3) is 12.8. The molecule has 1 heterocycles. The van der Waals surface area contributed by atoms with Gasteiger partial charge in [0, 0.05) is 56.1 Å². The van der Waals surface area contributed by atoms with E-state index in [2.05, 4.69) is 15.6 Å². The van der Waals surface area contributed by atoms with Crippen molar-refractivity contribution >= 4 is 11.8 Å². The van der Waals surface area contributed by atoms with E-state index >= 15 is 0 Å². The second-order valence-corrected chi connectivity index (χ2v) is 12.8. The summed E-state index contributed by atoms with van der Waals surface area (Å²) < 4.78 is 30.4. The monoisotopic (exact) mass is 680 g/mol. The van der Waals surface area contributed by atoms with Gasteiger partial charge in [-0.1, -0.05) is 64.4 Å². The van der Waals surface area contributed by atoms with Crippen LogP contribution in [0.1, 0.15) is 58.1 Å². The number of nitrogens with two attached hydrogens (primary N) is 1. The lowest BCUT2D eigenvalue weighted by Crippen LogP contribution is -2.52. The molecule has 0 spiro atoms. The van der Waals surface area contributed by atoms with Crippen molar-refractivity contribution in [2.24, 2.45) is 23.5 Å². The Morgan fingerprint density at radius 3 is 2.41 bits per heavy atom. The summed E-state index contributed by atoms with van der Waals surface area (Å²) in [5.41, 5.74) is 9.82. The van der Waals surface area contributed by atoms with Crippen LogP contribution >= 0.6 is 0 Å². The number of carbonyl (C=O) groups is 2. The molecule has 11 heteroatoms. The largest absolute Gasteiger partial charge is 0.493 e. The third-order valence-electron chi connectivity index (χ3n) is 8.65. The fourth-order valence-electron chi connectivity index (χ4n) is 5.33. The van der Waals surface area contributed by atoms with E-state index in [9.17, 15) is 19.1 Å². The number of carbonyl (C=O) groups excluding carboxylic acids is 2. The number of hydrogen-bond acceptors (Lipinski definition) is 8. The number of benzene rings is 2. The maximum atomic E-state index is 13.5. The van der Waals surface area contributed by atoms with Crippen molar-refractivity contribution in [2.45, 2.75) is 78.3 Å². The van der Waals surface area contributed by atoms with Crippen molar-refractivity contribution in [2.75, 3.05) is 26.9 Å². The molecule has 0 unspecified atom stereocenters. The zero-order valence-electron chi connectivity index (χ0n) is 29.4. The number of rotatable bonds is 21.